The van der Waals surface area contributed by atoms with Crippen LogP contribution in [0, 0.1) is 0 Å². The minimum absolute atomic E-state index is 0.0593. The molecule has 5 nitrogen and oxygen atoms in total. The van der Waals surface area contributed by atoms with Crippen molar-refractivity contribution in [3.05, 3.63) is 46.7 Å². The normalized spacial score (nSPS) is 13.0. The summed E-state index contributed by atoms with van der Waals surface area (Å²) in [6.45, 7) is 0.500. The standard InChI is InChI=1S/C12H12BrN5/c13-11-5-15-12(18-11)8(4-14)7-1-2-9-10(3-7)17-6-16-9/h1-3,5-6,8H,4,14H2,(H,15,18)(H,16,17). The molecule has 3 rings (SSSR count). The number of fused-ring (bicyclic) bond motifs is 1. The molecular weight excluding hydrogens is 294 g/mol. The summed E-state index contributed by atoms with van der Waals surface area (Å²) in [5.74, 6) is 0.923. The van der Waals surface area contributed by atoms with Crippen molar-refractivity contribution >= 4 is 27.0 Å². The third-order valence-electron chi connectivity index (χ3n) is 2.98. The zero-order valence-electron chi connectivity index (χ0n) is 9.52. The van der Waals surface area contributed by atoms with E-state index in [0.717, 1.165) is 27.0 Å². The van der Waals surface area contributed by atoms with Gasteiger partial charge in [0.1, 0.15) is 10.4 Å². The van der Waals surface area contributed by atoms with E-state index in [0.29, 0.717) is 6.54 Å². The fourth-order valence-corrected chi connectivity index (χ4v) is 2.37. The van der Waals surface area contributed by atoms with Gasteiger partial charge >= 0.3 is 0 Å². The summed E-state index contributed by atoms with van der Waals surface area (Å²) in [5, 5.41) is 0. The number of nitrogens with one attached hydrogen (secondary N) is 2. The molecule has 18 heavy (non-hydrogen) atoms. The lowest BCUT2D eigenvalue weighted by molar-refractivity contribution is 0.765. The number of benzene rings is 1. The lowest BCUT2D eigenvalue weighted by Crippen LogP contribution is -2.15. The highest BCUT2D eigenvalue weighted by Crippen LogP contribution is 2.24. The van der Waals surface area contributed by atoms with Crippen molar-refractivity contribution in [2.45, 2.75) is 5.92 Å². The summed E-state index contributed by atoms with van der Waals surface area (Å²) in [6.07, 6.45) is 3.43. The second kappa shape index (κ2) is 4.55. The van der Waals surface area contributed by atoms with E-state index in [2.05, 4.69) is 41.9 Å². The van der Waals surface area contributed by atoms with Gasteiger partial charge in [-0.1, -0.05) is 6.07 Å². The van der Waals surface area contributed by atoms with E-state index in [1.807, 2.05) is 12.1 Å². The van der Waals surface area contributed by atoms with Gasteiger partial charge in [-0.05, 0) is 33.6 Å². The topological polar surface area (TPSA) is 83.4 Å². The fourth-order valence-electron chi connectivity index (χ4n) is 2.07. The Morgan fingerprint density at radius 2 is 2.22 bits per heavy atom. The highest BCUT2D eigenvalue weighted by atomic mass is 79.9. The van der Waals surface area contributed by atoms with Gasteiger partial charge in [0.2, 0.25) is 0 Å². The Balaban J connectivity index is 2.04. The van der Waals surface area contributed by atoms with E-state index in [-0.39, 0.29) is 5.92 Å². The first-order valence-electron chi connectivity index (χ1n) is 5.61. The molecule has 0 aliphatic rings. The van der Waals surface area contributed by atoms with Crippen molar-refractivity contribution in [1.82, 2.24) is 19.9 Å². The largest absolute Gasteiger partial charge is 0.345 e. The molecular formula is C12H12BrN5. The van der Waals surface area contributed by atoms with Gasteiger partial charge in [-0.2, -0.15) is 0 Å². The molecule has 0 saturated heterocycles. The number of halogens is 1. The summed E-state index contributed by atoms with van der Waals surface area (Å²) in [4.78, 5) is 14.8. The third-order valence-corrected chi connectivity index (χ3v) is 3.38. The maximum Gasteiger partial charge on any atom is 0.115 e. The number of nitrogens with zero attached hydrogens (tertiary/aromatic N) is 2. The van der Waals surface area contributed by atoms with E-state index in [4.69, 9.17) is 5.73 Å². The molecule has 0 saturated carbocycles. The van der Waals surface area contributed by atoms with Crippen LogP contribution in [0.25, 0.3) is 11.0 Å². The first-order chi connectivity index (χ1) is 8.78. The highest BCUT2D eigenvalue weighted by Gasteiger charge is 2.16. The van der Waals surface area contributed by atoms with Gasteiger partial charge in [0.25, 0.3) is 0 Å². The van der Waals surface area contributed by atoms with Gasteiger partial charge in [0.15, 0.2) is 0 Å². The Labute approximate surface area is 112 Å². The smallest absolute Gasteiger partial charge is 0.115 e. The van der Waals surface area contributed by atoms with Crippen LogP contribution in [0.2, 0.25) is 0 Å². The highest BCUT2D eigenvalue weighted by molar-refractivity contribution is 9.10. The minimum Gasteiger partial charge on any atom is -0.345 e. The third kappa shape index (κ3) is 1.93. The Hall–Kier alpha value is -1.66. The average molecular weight is 306 g/mol. The van der Waals surface area contributed by atoms with Crippen molar-refractivity contribution in [2.24, 2.45) is 5.73 Å². The molecule has 6 heteroatoms. The van der Waals surface area contributed by atoms with Gasteiger partial charge in [-0.3, -0.25) is 0 Å². The van der Waals surface area contributed by atoms with Crippen LogP contribution in [0.1, 0.15) is 17.3 Å². The summed E-state index contributed by atoms with van der Waals surface area (Å²) in [7, 11) is 0. The first kappa shape index (κ1) is 11.4. The van der Waals surface area contributed by atoms with E-state index in [9.17, 15) is 0 Å². The maximum absolute atomic E-state index is 5.86. The van der Waals surface area contributed by atoms with E-state index in [1.165, 1.54) is 0 Å². The van der Waals surface area contributed by atoms with Crippen molar-refractivity contribution in [3.8, 4) is 0 Å². The monoisotopic (exact) mass is 305 g/mol. The van der Waals surface area contributed by atoms with E-state index < -0.39 is 0 Å². The van der Waals surface area contributed by atoms with E-state index >= 15 is 0 Å². The second-order valence-electron chi connectivity index (χ2n) is 4.08. The number of hydrogen-bond donors (Lipinski definition) is 3. The lowest BCUT2D eigenvalue weighted by atomic mass is 9.98. The van der Waals surface area contributed by atoms with Crippen LogP contribution >= 0.6 is 15.9 Å². The number of imidazole rings is 2. The molecule has 2 heterocycles. The lowest BCUT2D eigenvalue weighted by Gasteiger charge is -2.12. The first-order valence-corrected chi connectivity index (χ1v) is 6.40. The molecule has 0 spiro atoms. The Morgan fingerprint density at radius 1 is 1.33 bits per heavy atom. The van der Waals surface area contributed by atoms with Crippen LogP contribution in [-0.4, -0.2) is 26.5 Å². The molecule has 0 fully saturated rings. The zero-order valence-corrected chi connectivity index (χ0v) is 11.1. The average Bonchev–Trinajstić information content (AvgIpc) is 2.99. The molecule has 4 N–H and O–H groups in total. The quantitative estimate of drug-likeness (QED) is 0.693. The van der Waals surface area contributed by atoms with Crippen molar-refractivity contribution in [1.29, 1.82) is 0 Å². The van der Waals surface area contributed by atoms with Gasteiger partial charge in [0.05, 0.1) is 29.5 Å². The summed E-state index contributed by atoms with van der Waals surface area (Å²) in [5.41, 5.74) is 8.95. The van der Waals surface area contributed by atoms with Crippen LogP contribution in [0.3, 0.4) is 0 Å². The Morgan fingerprint density at radius 3 is 2.94 bits per heavy atom. The second-order valence-corrected chi connectivity index (χ2v) is 4.94. The number of H-pyrrole nitrogens is 2. The van der Waals surface area contributed by atoms with Gasteiger partial charge in [-0.15, -0.1) is 0 Å². The van der Waals surface area contributed by atoms with Crippen molar-refractivity contribution in [2.75, 3.05) is 6.54 Å². The Kier molecular flexibility index (Phi) is 2.89. The molecule has 0 amide bonds. The predicted molar refractivity (Wildman–Crippen MR) is 73.3 cm³/mol. The molecule has 1 atom stereocenters. The van der Waals surface area contributed by atoms with Crippen molar-refractivity contribution in [3.63, 3.8) is 0 Å². The van der Waals surface area contributed by atoms with Crippen LogP contribution in [-0.2, 0) is 0 Å². The van der Waals surface area contributed by atoms with Gasteiger partial charge < -0.3 is 15.7 Å². The van der Waals surface area contributed by atoms with Crippen LogP contribution in [0.15, 0.2) is 35.3 Å². The minimum atomic E-state index is 0.0593. The molecule has 0 bridgehead atoms. The number of hydrogen-bond acceptors (Lipinski definition) is 3. The summed E-state index contributed by atoms with van der Waals surface area (Å²) < 4.78 is 0.860. The number of aromatic amines is 2. The van der Waals surface area contributed by atoms with Crippen LogP contribution in [0.5, 0.6) is 0 Å². The number of nitrogens with two attached hydrogens (primary N) is 1. The van der Waals surface area contributed by atoms with Crippen LogP contribution in [0.4, 0.5) is 0 Å². The van der Waals surface area contributed by atoms with Gasteiger partial charge in [0, 0.05) is 6.54 Å². The molecule has 1 unspecified atom stereocenters. The molecule has 2 aromatic heterocycles. The molecule has 92 valence electrons. The molecule has 1 aromatic carbocycles. The summed E-state index contributed by atoms with van der Waals surface area (Å²) in [6, 6.07) is 6.09. The SMILES string of the molecule is NCC(c1ccc2nc[nH]c2c1)c1ncc(Br)[nH]1. The maximum atomic E-state index is 5.86. The van der Waals surface area contributed by atoms with Crippen molar-refractivity contribution < 1.29 is 0 Å². The molecule has 3 aromatic rings. The number of aromatic nitrogens is 4. The summed E-state index contributed by atoms with van der Waals surface area (Å²) >= 11 is 3.36. The van der Waals surface area contributed by atoms with E-state index in [1.54, 1.807) is 12.5 Å². The predicted octanol–water partition coefficient (Wildman–Crippen LogP) is 2.14. The number of rotatable bonds is 3. The van der Waals surface area contributed by atoms with Crippen LogP contribution < -0.4 is 5.73 Å². The van der Waals surface area contributed by atoms with Gasteiger partial charge in [-0.25, -0.2) is 9.97 Å². The zero-order chi connectivity index (χ0) is 12.5. The fraction of sp³-hybridized carbons (Fsp3) is 0.167. The molecule has 0 aliphatic heterocycles. The molecule has 0 radical (unpaired) electrons. The Bertz CT molecular complexity index is 672. The molecule has 0 aliphatic carbocycles.